The van der Waals surface area contributed by atoms with Crippen molar-refractivity contribution in [1.82, 2.24) is 0 Å². The number of hydrogen-bond donors (Lipinski definition) is 3. The molecule has 0 bridgehead atoms. The van der Waals surface area contributed by atoms with Crippen molar-refractivity contribution < 1.29 is 28.9 Å². The summed E-state index contributed by atoms with van der Waals surface area (Å²) in [5, 5.41) is 11.9. The lowest BCUT2D eigenvalue weighted by atomic mass is 9.79. The smallest absolute Gasteiger partial charge is 0.412 e. The SMILES string of the molecule is CSc1ccc(NC(=O)O[C@@H](c2ccccc2OCCO)C(C)(C)CCOC(=O)CS)cc1. The van der Waals surface area contributed by atoms with Gasteiger partial charge in [0.2, 0.25) is 0 Å². The van der Waals surface area contributed by atoms with E-state index >= 15 is 0 Å². The van der Waals surface area contributed by atoms with Crippen LogP contribution < -0.4 is 10.1 Å². The molecule has 0 saturated carbocycles. The van der Waals surface area contributed by atoms with Crippen LogP contribution in [0.2, 0.25) is 0 Å². The lowest BCUT2D eigenvalue weighted by molar-refractivity contribution is -0.141. The number of aliphatic hydroxyl groups is 1. The number of aliphatic hydroxyl groups excluding tert-OH is 1. The van der Waals surface area contributed by atoms with Crippen LogP contribution in [0.4, 0.5) is 10.5 Å². The predicted molar refractivity (Wildman–Crippen MR) is 133 cm³/mol. The minimum Gasteiger partial charge on any atom is -0.491 e. The van der Waals surface area contributed by atoms with E-state index in [1.165, 1.54) is 0 Å². The Morgan fingerprint density at radius 3 is 2.45 bits per heavy atom. The van der Waals surface area contributed by atoms with E-state index in [2.05, 4.69) is 17.9 Å². The minimum absolute atomic E-state index is 0.00404. The van der Waals surface area contributed by atoms with Gasteiger partial charge < -0.3 is 19.3 Å². The summed E-state index contributed by atoms with van der Waals surface area (Å²) >= 11 is 5.53. The van der Waals surface area contributed by atoms with Crippen molar-refractivity contribution in [1.29, 1.82) is 0 Å². The van der Waals surface area contributed by atoms with Gasteiger partial charge in [0, 0.05) is 21.6 Å². The second-order valence-corrected chi connectivity index (χ2v) is 9.06. The number of anilines is 1. The monoisotopic (exact) mass is 493 g/mol. The van der Waals surface area contributed by atoms with Crippen LogP contribution in [0.5, 0.6) is 5.75 Å². The standard InChI is InChI=1S/C24H31NO6S2/c1-24(2,12-14-30-21(27)16-32)22(19-6-4-5-7-20(19)29-15-13-26)31-23(28)25-17-8-10-18(33-3)11-9-17/h4-11,22,26,32H,12-16H2,1-3H3,(H,25,28)/t22-/m0/s1. The third-order valence-electron chi connectivity index (χ3n) is 4.96. The Morgan fingerprint density at radius 1 is 1.12 bits per heavy atom. The quantitative estimate of drug-likeness (QED) is 0.219. The fourth-order valence-electron chi connectivity index (χ4n) is 3.16. The van der Waals surface area contributed by atoms with Gasteiger partial charge in [-0.25, -0.2) is 4.79 Å². The molecule has 0 fully saturated rings. The van der Waals surface area contributed by atoms with Gasteiger partial charge >= 0.3 is 12.1 Å². The Hall–Kier alpha value is -2.36. The first-order valence-corrected chi connectivity index (χ1v) is 12.4. The molecule has 0 saturated heterocycles. The summed E-state index contributed by atoms with van der Waals surface area (Å²) in [6.45, 7) is 3.97. The topological polar surface area (TPSA) is 94.1 Å². The van der Waals surface area contributed by atoms with Gasteiger partial charge in [0.25, 0.3) is 0 Å². The number of nitrogens with one attached hydrogen (secondary N) is 1. The number of thioether (sulfide) groups is 1. The van der Waals surface area contributed by atoms with E-state index in [-0.39, 0.29) is 25.6 Å². The normalized spacial score (nSPS) is 12.0. The minimum atomic E-state index is -0.715. The second kappa shape index (κ2) is 13.4. The Bertz CT molecular complexity index is 904. The van der Waals surface area contributed by atoms with Gasteiger partial charge in [0.1, 0.15) is 18.5 Å². The van der Waals surface area contributed by atoms with Crippen molar-refractivity contribution in [2.24, 2.45) is 5.41 Å². The average Bonchev–Trinajstić information content (AvgIpc) is 2.81. The summed E-state index contributed by atoms with van der Waals surface area (Å²) in [5.41, 5.74) is 0.654. The molecule has 0 unspecified atom stereocenters. The Morgan fingerprint density at radius 2 is 1.82 bits per heavy atom. The number of carbonyl (C=O) groups is 2. The Balaban J connectivity index is 2.25. The van der Waals surface area contributed by atoms with Crippen molar-refractivity contribution in [2.45, 2.75) is 31.3 Å². The molecule has 1 atom stereocenters. The van der Waals surface area contributed by atoms with Crippen molar-refractivity contribution in [3.8, 4) is 5.75 Å². The number of ether oxygens (including phenoxy) is 3. The van der Waals surface area contributed by atoms with Crippen LogP contribution >= 0.6 is 24.4 Å². The molecule has 33 heavy (non-hydrogen) atoms. The van der Waals surface area contributed by atoms with Crippen molar-refractivity contribution in [3.05, 3.63) is 54.1 Å². The van der Waals surface area contributed by atoms with Crippen molar-refractivity contribution >= 4 is 42.1 Å². The summed E-state index contributed by atoms with van der Waals surface area (Å²) in [6, 6.07) is 14.7. The molecule has 7 nitrogen and oxygen atoms in total. The van der Waals surface area contributed by atoms with Crippen molar-refractivity contribution in [3.63, 3.8) is 0 Å². The van der Waals surface area contributed by atoms with Crippen LogP contribution in [0.15, 0.2) is 53.4 Å². The number of amides is 1. The predicted octanol–water partition coefficient (Wildman–Crippen LogP) is 4.96. The molecule has 1 amide bonds. The Labute approximate surface area is 204 Å². The zero-order valence-corrected chi connectivity index (χ0v) is 20.8. The number of thiol groups is 1. The molecule has 0 spiro atoms. The maximum absolute atomic E-state index is 12.8. The van der Waals surface area contributed by atoms with Gasteiger partial charge in [0.05, 0.1) is 19.0 Å². The molecular formula is C24H31NO6S2. The summed E-state index contributed by atoms with van der Waals surface area (Å²) in [6.07, 6.45) is 1.08. The fraction of sp³-hybridized carbons (Fsp3) is 0.417. The van der Waals surface area contributed by atoms with Crippen LogP contribution in [0.3, 0.4) is 0 Å². The first-order valence-electron chi connectivity index (χ1n) is 10.5. The summed E-state index contributed by atoms with van der Waals surface area (Å²) in [4.78, 5) is 25.4. The van der Waals surface area contributed by atoms with Gasteiger partial charge in [-0.3, -0.25) is 10.1 Å². The zero-order valence-electron chi connectivity index (χ0n) is 19.1. The molecule has 0 aliphatic carbocycles. The van der Waals surface area contributed by atoms with Crippen LogP contribution in [0.25, 0.3) is 0 Å². The second-order valence-electron chi connectivity index (χ2n) is 7.87. The molecule has 0 heterocycles. The molecule has 2 aromatic carbocycles. The number of benzene rings is 2. The van der Waals surface area contributed by atoms with Crippen LogP contribution in [0.1, 0.15) is 31.9 Å². The van der Waals surface area contributed by atoms with E-state index in [0.717, 1.165) is 4.90 Å². The van der Waals surface area contributed by atoms with E-state index in [4.69, 9.17) is 14.2 Å². The van der Waals surface area contributed by atoms with E-state index in [9.17, 15) is 14.7 Å². The highest BCUT2D eigenvalue weighted by Gasteiger charge is 2.36. The molecule has 0 radical (unpaired) electrons. The first kappa shape index (κ1) is 26.9. The van der Waals surface area contributed by atoms with Crippen LogP contribution in [0, 0.1) is 5.41 Å². The maximum Gasteiger partial charge on any atom is 0.412 e. The van der Waals surface area contributed by atoms with Gasteiger partial charge in [0.15, 0.2) is 0 Å². The summed E-state index contributed by atoms with van der Waals surface area (Å²) in [5.74, 6) is 0.0921. The highest BCUT2D eigenvalue weighted by Crippen LogP contribution is 2.43. The van der Waals surface area contributed by atoms with Gasteiger partial charge in [-0.1, -0.05) is 32.0 Å². The number of para-hydroxylation sites is 1. The van der Waals surface area contributed by atoms with Gasteiger partial charge in [-0.05, 0) is 43.0 Å². The van der Waals surface area contributed by atoms with E-state index < -0.39 is 23.6 Å². The molecule has 0 aliphatic rings. The highest BCUT2D eigenvalue weighted by atomic mass is 32.2. The lowest BCUT2D eigenvalue weighted by Gasteiger charge is -2.34. The fourth-order valence-corrected chi connectivity index (χ4v) is 3.66. The highest BCUT2D eigenvalue weighted by molar-refractivity contribution is 7.98. The van der Waals surface area contributed by atoms with Crippen LogP contribution in [-0.2, 0) is 14.3 Å². The van der Waals surface area contributed by atoms with E-state index in [1.807, 2.05) is 62.6 Å². The van der Waals surface area contributed by atoms with Gasteiger partial charge in [-0.15, -0.1) is 11.8 Å². The molecule has 2 rings (SSSR count). The average molecular weight is 494 g/mol. The van der Waals surface area contributed by atoms with E-state index in [1.54, 1.807) is 17.8 Å². The summed E-state index contributed by atoms with van der Waals surface area (Å²) in [7, 11) is 0. The zero-order chi connectivity index (χ0) is 24.3. The number of esters is 1. The molecular weight excluding hydrogens is 462 g/mol. The van der Waals surface area contributed by atoms with Crippen LogP contribution in [-0.4, -0.2) is 49.0 Å². The Kier molecular flexibility index (Phi) is 10.9. The maximum atomic E-state index is 12.8. The van der Waals surface area contributed by atoms with E-state index in [0.29, 0.717) is 23.4 Å². The molecule has 9 heteroatoms. The lowest BCUT2D eigenvalue weighted by Crippen LogP contribution is -2.31. The number of rotatable bonds is 12. The van der Waals surface area contributed by atoms with Crippen molar-refractivity contribution in [2.75, 3.05) is 37.1 Å². The van der Waals surface area contributed by atoms with Gasteiger partial charge in [-0.2, -0.15) is 12.6 Å². The number of carbonyl (C=O) groups excluding carboxylic acids is 2. The third kappa shape index (κ3) is 8.49. The largest absolute Gasteiger partial charge is 0.491 e. The molecule has 2 N–H and O–H groups in total. The molecule has 180 valence electrons. The molecule has 0 aliphatic heterocycles. The number of hydrogen-bond acceptors (Lipinski definition) is 8. The molecule has 2 aromatic rings. The third-order valence-corrected chi connectivity index (χ3v) is 5.96. The first-order chi connectivity index (χ1) is 15.8. The summed E-state index contributed by atoms with van der Waals surface area (Å²) < 4.78 is 16.8. The molecule has 0 aromatic heterocycles.